The molecule has 2 amide bonds. The molecule has 0 unspecified atom stereocenters. The highest BCUT2D eigenvalue weighted by Crippen LogP contribution is 2.43. The molecule has 1 aliphatic heterocycles. The lowest BCUT2D eigenvalue weighted by molar-refractivity contribution is 0.0983. The van der Waals surface area contributed by atoms with Crippen molar-refractivity contribution in [3.63, 3.8) is 0 Å². The fourth-order valence-electron chi connectivity index (χ4n) is 3.33. The van der Waals surface area contributed by atoms with E-state index in [9.17, 15) is 9.59 Å². The van der Waals surface area contributed by atoms with E-state index in [0.29, 0.717) is 31.9 Å². The summed E-state index contributed by atoms with van der Waals surface area (Å²) in [6.07, 6.45) is 0. The molecule has 8 nitrogen and oxygen atoms in total. The number of amides is 2. The maximum absolute atomic E-state index is 13.6. The van der Waals surface area contributed by atoms with E-state index in [-0.39, 0.29) is 17.4 Å². The molecule has 0 radical (unpaired) electrons. The lowest BCUT2D eigenvalue weighted by Crippen LogP contribution is -2.46. The minimum absolute atomic E-state index is 0.0128. The molecule has 2 heterocycles. The Morgan fingerprint density at radius 1 is 0.794 bits per heavy atom. The predicted octanol–water partition coefficient (Wildman–Crippen LogP) is 6.30. The molecule has 1 aromatic heterocycles. The first-order chi connectivity index (χ1) is 16.4. The second kappa shape index (κ2) is 8.90. The first-order valence-corrected chi connectivity index (χ1v) is 11.0. The monoisotopic (exact) mass is 513 g/mol. The normalized spacial score (nSPS) is 12.3. The van der Waals surface area contributed by atoms with Gasteiger partial charge in [-0.2, -0.15) is 10.1 Å². The molecule has 0 spiro atoms. The van der Waals surface area contributed by atoms with E-state index < -0.39 is 11.8 Å². The lowest BCUT2D eigenvalue weighted by Gasteiger charge is -2.29. The Labute approximate surface area is 208 Å². The SMILES string of the molecule is O=C(Nc1onc2c1N(C(=O)c1ccc(Cl)cc1)N(c1ccc(Cl)cc1)N2)c1ccc(Cl)cc1. The number of carbonyl (C=O) groups excluding carboxylic acids is 2. The van der Waals surface area contributed by atoms with Gasteiger partial charge in [-0.3, -0.25) is 20.3 Å². The van der Waals surface area contributed by atoms with Crippen molar-refractivity contribution in [2.75, 3.05) is 20.9 Å². The molecule has 3 aromatic carbocycles. The van der Waals surface area contributed by atoms with Crippen LogP contribution >= 0.6 is 34.8 Å². The Kier molecular flexibility index (Phi) is 5.79. The average molecular weight is 515 g/mol. The van der Waals surface area contributed by atoms with Crippen molar-refractivity contribution < 1.29 is 14.1 Å². The smallest absolute Gasteiger partial charge is 0.278 e. The zero-order chi connectivity index (χ0) is 23.8. The van der Waals surface area contributed by atoms with Gasteiger partial charge < -0.3 is 4.52 Å². The highest BCUT2D eigenvalue weighted by Gasteiger charge is 2.40. The van der Waals surface area contributed by atoms with Crippen molar-refractivity contribution in [2.24, 2.45) is 0 Å². The number of hydrogen-bond donors (Lipinski definition) is 2. The minimum Gasteiger partial charge on any atom is -0.334 e. The fourth-order valence-corrected chi connectivity index (χ4v) is 3.71. The summed E-state index contributed by atoms with van der Waals surface area (Å²) in [6.45, 7) is 0. The van der Waals surface area contributed by atoms with E-state index >= 15 is 0 Å². The van der Waals surface area contributed by atoms with Gasteiger partial charge in [0.25, 0.3) is 17.7 Å². The lowest BCUT2D eigenvalue weighted by atomic mass is 10.2. The molecule has 5 rings (SSSR count). The quantitative estimate of drug-likeness (QED) is 0.332. The molecule has 0 aliphatic carbocycles. The van der Waals surface area contributed by atoms with Crippen molar-refractivity contribution in [3.8, 4) is 0 Å². The van der Waals surface area contributed by atoms with Crippen molar-refractivity contribution in [1.82, 2.24) is 5.16 Å². The molecular formula is C23H14Cl3N5O3. The summed E-state index contributed by atoms with van der Waals surface area (Å²) in [5.41, 5.74) is 4.56. The molecule has 2 N–H and O–H groups in total. The summed E-state index contributed by atoms with van der Waals surface area (Å²) in [7, 11) is 0. The van der Waals surface area contributed by atoms with Crippen LogP contribution in [0.15, 0.2) is 77.3 Å². The van der Waals surface area contributed by atoms with E-state index in [1.54, 1.807) is 72.8 Å². The molecule has 0 bridgehead atoms. The molecule has 34 heavy (non-hydrogen) atoms. The predicted molar refractivity (Wildman–Crippen MR) is 132 cm³/mol. The standard InChI is InChI=1S/C23H14Cl3N5O3/c24-15-5-1-13(2-6-15)21(32)27-22-19-20(29-34-22)28-31(18-11-9-17(26)10-12-18)30(19)23(33)14-3-7-16(25)8-4-14/h1-12H,(H,27,32)(H,28,29). The van der Waals surface area contributed by atoms with Gasteiger partial charge in [0.15, 0.2) is 5.69 Å². The van der Waals surface area contributed by atoms with Crippen molar-refractivity contribution in [2.45, 2.75) is 0 Å². The van der Waals surface area contributed by atoms with Crippen LogP contribution in [0.2, 0.25) is 15.1 Å². The van der Waals surface area contributed by atoms with Crippen molar-refractivity contribution in [1.29, 1.82) is 0 Å². The third kappa shape index (κ3) is 4.14. The highest BCUT2D eigenvalue weighted by atomic mass is 35.5. The van der Waals surface area contributed by atoms with Crippen LogP contribution in [0, 0.1) is 0 Å². The van der Waals surface area contributed by atoms with E-state index in [2.05, 4.69) is 15.9 Å². The summed E-state index contributed by atoms with van der Waals surface area (Å²) in [6, 6.07) is 19.6. The van der Waals surface area contributed by atoms with E-state index in [1.807, 2.05) is 0 Å². The van der Waals surface area contributed by atoms with Gasteiger partial charge in [0.05, 0.1) is 5.69 Å². The maximum atomic E-state index is 13.6. The molecule has 0 atom stereocenters. The van der Waals surface area contributed by atoms with Crippen LogP contribution in [0.5, 0.6) is 0 Å². The molecule has 1 aliphatic rings. The van der Waals surface area contributed by atoms with Crippen LogP contribution in [-0.2, 0) is 0 Å². The van der Waals surface area contributed by atoms with Crippen LogP contribution < -0.4 is 20.9 Å². The second-order valence-corrected chi connectivity index (χ2v) is 8.50. The Balaban J connectivity index is 1.53. The number of anilines is 4. The number of fused-ring (bicyclic) bond motifs is 1. The van der Waals surface area contributed by atoms with E-state index in [4.69, 9.17) is 39.3 Å². The molecule has 11 heteroatoms. The van der Waals surface area contributed by atoms with Crippen molar-refractivity contribution >= 4 is 69.7 Å². The van der Waals surface area contributed by atoms with Gasteiger partial charge in [-0.25, -0.2) is 0 Å². The number of rotatable bonds is 4. The summed E-state index contributed by atoms with van der Waals surface area (Å²) in [5, 5.41) is 11.0. The average Bonchev–Trinajstić information content (AvgIpc) is 3.40. The number of benzene rings is 3. The van der Waals surface area contributed by atoms with Gasteiger partial charge in [0, 0.05) is 26.2 Å². The minimum atomic E-state index is -0.459. The first kappa shape index (κ1) is 22.1. The van der Waals surface area contributed by atoms with Gasteiger partial charge in [0.2, 0.25) is 5.82 Å². The van der Waals surface area contributed by atoms with Gasteiger partial charge in [0.1, 0.15) is 0 Å². The van der Waals surface area contributed by atoms with Gasteiger partial charge >= 0.3 is 0 Å². The van der Waals surface area contributed by atoms with Gasteiger partial charge in [-0.05, 0) is 72.8 Å². The zero-order valence-electron chi connectivity index (χ0n) is 17.1. The number of nitrogens with one attached hydrogen (secondary N) is 2. The number of hydrazine groups is 2. The Bertz CT molecular complexity index is 1370. The molecule has 170 valence electrons. The topological polar surface area (TPSA) is 90.7 Å². The Hall–Kier alpha value is -3.72. The van der Waals surface area contributed by atoms with Gasteiger partial charge in [-0.15, -0.1) is 0 Å². The summed E-state index contributed by atoms with van der Waals surface area (Å²) in [4.78, 5) is 26.4. The third-order valence-corrected chi connectivity index (χ3v) is 5.74. The number of carbonyl (C=O) groups is 2. The number of nitrogens with zero attached hydrogens (tertiary/aromatic N) is 3. The molecule has 0 fully saturated rings. The maximum Gasteiger partial charge on any atom is 0.278 e. The summed E-state index contributed by atoms with van der Waals surface area (Å²) in [5.74, 6) is -0.646. The second-order valence-electron chi connectivity index (χ2n) is 7.19. The molecule has 4 aromatic rings. The Morgan fingerprint density at radius 3 is 1.91 bits per heavy atom. The number of aromatic nitrogens is 1. The largest absolute Gasteiger partial charge is 0.334 e. The fraction of sp³-hybridized carbons (Fsp3) is 0. The van der Waals surface area contributed by atoms with Crippen LogP contribution in [-0.4, -0.2) is 17.0 Å². The van der Waals surface area contributed by atoms with E-state index in [1.165, 1.54) is 10.1 Å². The van der Waals surface area contributed by atoms with Crippen LogP contribution in [0.3, 0.4) is 0 Å². The molecular weight excluding hydrogens is 501 g/mol. The van der Waals surface area contributed by atoms with Crippen LogP contribution in [0.25, 0.3) is 0 Å². The summed E-state index contributed by atoms with van der Waals surface area (Å²) >= 11 is 17.9. The summed E-state index contributed by atoms with van der Waals surface area (Å²) < 4.78 is 5.36. The van der Waals surface area contributed by atoms with E-state index in [0.717, 1.165) is 0 Å². The third-order valence-electron chi connectivity index (χ3n) is 4.98. The zero-order valence-corrected chi connectivity index (χ0v) is 19.4. The van der Waals surface area contributed by atoms with Gasteiger partial charge in [-0.1, -0.05) is 40.0 Å². The highest BCUT2D eigenvalue weighted by molar-refractivity contribution is 6.31. The number of hydrogen-bond acceptors (Lipinski definition) is 6. The van der Waals surface area contributed by atoms with Crippen molar-refractivity contribution in [3.05, 3.63) is 99.0 Å². The Morgan fingerprint density at radius 2 is 1.32 bits per heavy atom. The molecule has 0 saturated carbocycles. The van der Waals surface area contributed by atoms with Crippen LogP contribution in [0.1, 0.15) is 20.7 Å². The first-order valence-electron chi connectivity index (χ1n) is 9.89. The number of halogens is 3. The molecule has 0 saturated heterocycles. The van der Waals surface area contributed by atoms with Crippen LogP contribution in [0.4, 0.5) is 23.1 Å².